The molecule has 2 N–H and O–H groups in total. The smallest absolute Gasteiger partial charge is 0.248 e. The van der Waals surface area contributed by atoms with E-state index in [1.807, 2.05) is 18.2 Å². The van der Waals surface area contributed by atoms with Gasteiger partial charge in [0, 0.05) is 41.7 Å². The van der Waals surface area contributed by atoms with Crippen LogP contribution in [-0.2, 0) is 0 Å². The van der Waals surface area contributed by atoms with Crippen LogP contribution >= 0.6 is 11.6 Å². The summed E-state index contributed by atoms with van der Waals surface area (Å²) >= 11 is 6.06. The first-order valence-corrected chi connectivity index (χ1v) is 8.90. The highest BCUT2D eigenvalue weighted by Gasteiger charge is 2.30. The minimum atomic E-state index is -0.364. The number of pyridine rings is 1. The van der Waals surface area contributed by atoms with E-state index < -0.39 is 0 Å². The van der Waals surface area contributed by atoms with Crippen molar-refractivity contribution in [1.82, 2.24) is 10.3 Å². The van der Waals surface area contributed by atoms with E-state index in [-0.39, 0.29) is 17.4 Å². The molecule has 0 bridgehead atoms. The summed E-state index contributed by atoms with van der Waals surface area (Å²) in [5, 5.41) is 4.77. The summed E-state index contributed by atoms with van der Waals surface area (Å²) in [5.41, 5.74) is 2.05. The van der Waals surface area contributed by atoms with Gasteiger partial charge in [-0.15, -0.1) is 0 Å². The average molecular weight is 368 g/mol. The normalized spacial score (nSPS) is 17.4. The molecule has 1 aromatic heterocycles. The lowest BCUT2D eigenvalue weighted by molar-refractivity contribution is 0.0951. The zero-order chi connectivity index (χ0) is 18.1. The monoisotopic (exact) mass is 367 g/mol. The highest BCUT2D eigenvalue weighted by atomic mass is 35.5. The molecule has 0 radical (unpaired) electrons. The number of aromatic nitrogens is 1. The number of nitrogens with one attached hydrogen (secondary N) is 2. The molecule has 1 unspecified atom stereocenters. The lowest BCUT2D eigenvalue weighted by atomic mass is 10.00. The van der Waals surface area contributed by atoms with Gasteiger partial charge in [0.15, 0.2) is 5.78 Å². The molecule has 2 heterocycles. The number of benzene rings is 2. The Morgan fingerprint density at radius 3 is 2.81 bits per heavy atom. The van der Waals surface area contributed by atoms with E-state index in [0.717, 1.165) is 23.1 Å². The zero-order valence-electron chi connectivity index (χ0n) is 14.0. The Balaban J connectivity index is 1.78. The molecule has 0 saturated carbocycles. The third-order valence-corrected chi connectivity index (χ3v) is 4.94. The van der Waals surface area contributed by atoms with Crippen molar-refractivity contribution in [3.63, 3.8) is 0 Å². The molecule has 1 aliphatic rings. The Bertz CT molecular complexity index is 1030. The number of piperazine rings is 1. The number of hydrogen-bond donors (Lipinski definition) is 2. The molecule has 4 rings (SSSR count). The fraction of sp³-hybridized carbons (Fsp3) is 0.200. The second kappa shape index (κ2) is 6.94. The molecular formula is C20H18ClN3O2. The molecule has 1 saturated heterocycles. The van der Waals surface area contributed by atoms with Crippen LogP contribution in [0.4, 0.5) is 5.69 Å². The summed E-state index contributed by atoms with van der Waals surface area (Å²) in [6.07, 6.45) is 0. The van der Waals surface area contributed by atoms with Gasteiger partial charge in [0.2, 0.25) is 5.56 Å². The van der Waals surface area contributed by atoms with Gasteiger partial charge in [0.05, 0.1) is 11.2 Å². The van der Waals surface area contributed by atoms with E-state index in [1.165, 1.54) is 6.07 Å². The largest absolute Gasteiger partial charge is 0.357 e. The zero-order valence-corrected chi connectivity index (χ0v) is 14.8. The number of carbonyl (C=O) groups excluding carboxylic acids is 1. The van der Waals surface area contributed by atoms with Gasteiger partial charge in [0.25, 0.3) is 0 Å². The standard InChI is InChI=1S/C20H18ClN3O2/c21-15-5-1-4-14(11-15)20(26)17-12-22-9-10-24(17)16-6-2-3-13-7-8-18(25)23-19(13)16/h1-8,11,17,22H,9-10,12H2,(H,23,25). The predicted octanol–water partition coefficient (Wildman–Crippen LogP) is 2.84. The lowest BCUT2D eigenvalue weighted by Crippen LogP contribution is -2.55. The molecule has 5 nitrogen and oxygen atoms in total. The Labute approximate surface area is 155 Å². The molecule has 0 amide bonds. The number of H-pyrrole nitrogens is 1. The van der Waals surface area contributed by atoms with Gasteiger partial charge in [-0.25, -0.2) is 0 Å². The van der Waals surface area contributed by atoms with Gasteiger partial charge < -0.3 is 15.2 Å². The number of hydrogen-bond acceptors (Lipinski definition) is 4. The maximum absolute atomic E-state index is 13.1. The Morgan fingerprint density at radius 2 is 1.96 bits per heavy atom. The maximum atomic E-state index is 13.1. The molecule has 1 atom stereocenters. The third-order valence-electron chi connectivity index (χ3n) is 4.70. The van der Waals surface area contributed by atoms with Gasteiger partial charge in [-0.05, 0) is 24.3 Å². The second-order valence-corrected chi connectivity index (χ2v) is 6.79. The fourth-order valence-corrected chi connectivity index (χ4v) is 3.65. The summed E-state index contributed by atoms with van der Waals surface area (Å²) in [6.45, 7) is 1.98. The van der Waals surface area contributed by atoms with Gasteiger partial charge in [-0.1, -0.05) is 35.9 Å². The lowest BCUT2D eigenvalue weighted by Gasteiger charge is -2.37. The van der Waals surface area contributed by atoms with Crippen molar-refractivity contribution in [2.24, 2.45) is 0 Å². The number of ketones is 1. The van der Waals surface area contributed by atoms with Crippen LogP contribution in [0.15, 0.2) is 59.4 Å². The number of carbonyl (C=O) groups is 1. The molecular weight excluding hydrogens is 350 g/mol. The first-order valence-electron chi connectivity index (χ1n) is 8.53. The summed E-state index contributed by atoms with van der Waals surface area (Å²) in [5.74, 6) is 0.00924. The minimum absolute atomic E-state index is 0.00924. The second-order valence-electron chi connectivity index (χ2n) is 6.35. The maximum Gasteiger partial charge on any atom is 0.248 e. The fourth-order valence-electron chi connectivity index (χ4n) is 3.46. The van der Waals surface area contributed by atoms with Gasteiger partial charge in [-0.3, -0.25) is 9.59 Å². The van der Waals surface area contributed by atoms with Crippen LogP contribution in [0, 0.1) is 0 Å². The van der Waals surface area contributed by atoms with E-state index in [9.17, 15) is 9.59 Å². The molecule has 2 aromatic carbocycles. The quantitative estimate of drug-likeness (QED) is 0.699. The molecule has 1 fully saturated rings. The molecule has 3 aromatic rings. The minimum Gasteiger partial charge on any atom is -0.357 e. The van der Waals surface area contributed by atoms with Crippen LogP contribution in [-0.4, -0.2) is 36.4 Å². The number of nitrogens with zero attached hydrogens (tertiary/aromatic N) is 1. The highest BCUT2D eigenvalue weighted by molar-refractivity contribution is 6.31. The third kappa shape index (κ3) is 3.11. The van der Waals surface area contributed by atoms with Crippen LogP contribution in [0.2, 0.25) is 5.02 Å². The van der Waals surface area contributed by atoms with Crippen LogP contribution < -0.4 is 15.8 Å². The Kier molecular flexibility index (Phi) is 4.49. The van der Waals surface area contributed by atoms with E-state index in [0.29, 0.717) is 23.7 Å². The molecule has 26 heavy (non-hydrogen) atoms. The molecule has 6 heteroatoms. The number of aromatic amines is 1. The van der Waals surface area contributed by atoms with E-state index in [1.54, 1.807) is 30.3 Å². The van der Waals surface area contributed by atoms with Gasteiger partial charge >= 0.3 is 0 Å². The van der Waals surface area contributed by atoms with E-state index in [4.69, 9.17) is 11.6 Å². The Morgan fingerprint density at radius 1 is 1.12 bits per heavy atom. The molecule has 132 valence electrons. The number of Topliss-reactive ketones (excluding diaryl/α,β-unsaturated/α-hetero) is 1. The highest BCUT2D eigenvalue weighted by Crippen LogP contribution is 2.28. The van der Waals surface area contributed by atoms with Crippen molar-refractivity contribution in [3.8, 4) is 0 Å². The average Bonchev–Trinajstić information content (AvgIpc) is 2.67. The van der Waals surface area contributed by atoms with E-state index >= 15 is 0 Å². The van der Waals surface area contributed by atoms with E-state index in [2.05, 4.69) is 15.2 Å². The summed E-state index contributed by atoms with van der Waals surface area (Å²) in [4.78, 5) is 29.9. The van der Waals surface area contributed by atoms with Crippen molar-refractivity contribution in [3.05, 3.63) is 75.5 Å². The van der Waals surface area contributed by atoms with Crippen LogP contribution in [0.25, 0.3) is 10.9 Å². The number of fused-ring (bicyclic) bond motifs is 1. The number of halogens is 1. The van der Waals surface area contributed by atoms with Gasteiger partial charge in [-0.2, -0.15) is 0 Å². The summed E-state index contributed by atoms with van der Waals surface area (Å²) < 4.78 is 0. The topological polar surface area (TPSA) is 65.2 Å². The van der Waals surface area contributed by atoms with Crippen molar-refractivity contribution >= 4 is 34.0 Å². The van der Waals surface area contributed by atoms with Gasteiger partial charge in [0.1, 0.15) is 6.04 Å². The van der Waals surface area contributed by atoms with Crippen molar-refractivity contribution < 1.29 is 4.79 Å². The molecule has 1 aliphatic heterocycles. The van der Waals surface area contributed by atoms with Crippen molar-refractivity contribution in [1.29, 1.82) is 0 Å². The van der Waals surface area contributed by atoms with Crippen LogP contribution in [0.3, 0.4) is 0 Å². The summed E-state index contributed by atoms with van der Waals surface area (Å²) in [7, 11) is 0. The number of anilines is 1. The van der Waals surface area contributed by atoms with Crippen molar-refractivity contribution in [2.75, 3.05) is 24.5 Å². The predicted molar refractivity (Wildman–Crippen MR) is 104 cm³/mol. The number of para-hydroxylation sites is 1. The first-order chi connectivity index (χ1) is 12.6. The SMILES string of the molecule is O=C(c1cccc(Cl)c1)C1CNCCN1c1cccc2ccc(=O)[nH]c12. The van der Waals surface area contributed by atoms with Crippen LogP contribution in [0.1, 0.15) is 10.4 Å². The molecule has 0 aliphatic carbocycles. The molecule has 0 spiro atoms. The van der Waals surface area contributed by atoms with Crippen molar-refractivity contribution in [2.45, 2.75) is 6.04 Å². The number of rotatable bonds is 3. The van der Waals surface area contributed by atoms with Crippen LogP contribution in [0.5, 0.6) is 0 Å². The summed E-state index contributed by atoms with van der Waals surface area (Å²) in [6, 6.07) is 15.8. The first kappa shape index (κ1) is 16.8. The Hall–Kier alpha value is -2.63.